The van der Waals surface area contributed by atoms with E-state index in [1.54, 1.807) is 0 Å². The van der Waals surface area contributed by atoms with Crippen LogP contribution in [0.25, 0.3) is 0 Å². The Kier molecular flexibility index (Phi) is 4.40. The molecule has 1 saturated heterocycles. The molecule has 7 heteroatoms. The van der Waals surface area contributed by atoms with E-state index in [0.717, 1.165) is 17.3 Å². The predicted octanol–water partition coefficient (Wildman–Crippen LogP) is 1.69. The maximum atomic E-state index is 11.4. The van der Waals surface area contributed by atoms with Crippen LogP contribution in [0.2, 0.25) is 0 Å². The largest absolute Gasteiger partial charge is 0.453 e. The molecule has 100 valence electrons. The molecule has 0 aromatic heterocycles. The average Bonchev–Trinajstić information content (AvgIpc) is 2.73. The van der Waals surface area contributed by atoms with Gasteiger partial charge in [0.05, 0.1) is 0 Å². The standard InChI is InChI=1S/C12H11NO5S/c14-10-9(13-11(15)18-10)7-19-12(16)17-6-8-4-2-1-3-5-8/h1-5,9H,6-7H2,(H,13,15)/t9-/m1/s1. The van der Waals surface area contributed by atoms with Crippen molar-refractivity contribution in [2.24, 2.45) is 0 Å². The lowest BCUT2D eigenvalue weighted by molar-refractivity contribution is -0.134. The highest BCUT2D eigenvalue weighted by Crippen LogP contribution is 2.13. The second-order valence-electron chi connectivity index (χ2n) is 3.74. The van der Waals surface area contributed by atoms with E-state index in [4.69, 9.17) is 4.74 Å². The van der Waals surface area contributed by atoms with Crippen molar-refractivity contribution < 1.29 is 23.9 Å². The minimum atomic E-state index is -0.790. The number of carbonyl (C=O) groups is 3. The van der Waals surface area contributed by atoms with Crippen molar-refractivity contribution in [3.05, 3.63) is 35.9 Å². The van der Waals surface area contributed by atoms with Crippen LogP contribution in [0.3, 0.4) is 0 Å². The van der Waals surface area contributed by atoms with Crippen molar-refractivity contribution in [2.75, 3.05) is 5.75 Å². The van der Waals surface area contributed by atoms with Gasteiger partial charge in [-0.3, -0.25) is 0 Å². The highest BCUT2D eigenvalue weighted by Gasteiger charge is 2.32. The second kappa shape index (κ2) is 6.24. The fourth-order valence-electron chi connectivity index (χ4n) is 1.41. The van der Waals surface area contributed by atoms with Crippen LogP contribution < -0.4 is 5.32 Å². The van der Waals surface area contributed by atoms with Crippen molar-refractivity contribution in [1.82, 2.24) is 5.32 Å². The summed E-state index contributed by atoms with van der Waals surface area (Å²) >= 11 is 0.822. The molecule has 1 aliphatic rings. The number of nitrogens with one attached hydrogen (secondary N) is 1. The molecule has 0 bridgehead atoms. The molecule has 1 amide bonds. The molecule has 0 aliphatic carbocycles. The molecule has 19 heavy (non-hydrogen) atoms. The number of ether oxygens (including phenoxy) is 2. The molecule has 1 aromatic carbocycles. The van der Waals surface area contributed by atoms with Gasteiger partial charge in [-0.2, -0.15) is 0 Å². The third-order valence-electron chi connectivity index (χ3n) is 2.34. The van der Waals surface area contributed by atoms with Crippen LogP contribution >= 0.6 is 11.8 Å². The Hall–Kier alpha value is -2.02. The minimum absolute atomic E-state index is 0.0954. The summed E-state index contributed by atoms with van der Waals surface area (Å²) in [6.45, 7) is 0.175. The highest BCUT2D eigenvalue weighted by molar-refractivity contribution is 8.13. The van der Waals surface area contributed by atoms with Crippen LogP contribution in [-0.4, -0.2) is 29.2 Å². The van der Waals surface area contributed by atoms with E-state index in [1.165, 1.54) is 0 Å². The molecule has 0 spiro atoms. The summed E-state index contributed by atoms with van der Waals surface area (Å²) in [5.41, 5.74) is 0.880. The first-order valence-corrected chi connectivity index (χ1v) is 6.49. The van der Waals surface area contributed by atoms with E-state index in [9.17, 15) is 14.4 Å². The maximum absolute atomic E-state index is 11.4. The van der Waals surface area contributed by atoms with Crippen molar-refractivity contribution in [2.45, 2.75) is 12.6 Å². The molecule has 1 aromatic rings. The van der Waals surface area contributed by atoms with E-state index >= 15 is 0 Å². The number of hydrogen-bond donors (Lipinski definition) is 1. The zero-order valence-corrected chi connectivity index (χ0v) is 10.6. The molecular formula is C12H11NO5S. The number of carbonyl (C=O) groups excluding carboxylic acids is 3. The van der Waals surface area contributed by atoms with Crippen molar-refractivity contribution in [1.29, 1.82) is 0 Å². The smallest absolute Gasteiger partial charge is 0.415 e. The molecule has 1 aliphatic heterocycles. The topological polar surface area (TPSA) is 81.7 Å². The Morgan fingerprint density at radius 1 is 1.32 bits per heavy atom. The van der Waals surface area contributed by atoms with Crippen molar-refractivity contribution in [3.63, 3.8) is 0 Å². The summed E-state index contributed by atoms with van der Waals surface area (Å²) in [6.07, 6.45) is -0.784. The van der Waals surface area contributed by atoms with Crippen molar-refractivity contribution in [3.8, 4) is 0 Å². The molecular weight excluding hydrogens is 270 g/mol. The zero-order valence-electron chi connectivity index (χ0n) is 9.83. The number of thioether (sulfide) groups is 1. The molecule has 0 saturated carbocycles. The molecule has 0 radical (unpaired) electrons. The Balaban J connectivity index is 1.70. The van der Waals surface area contributed by atoms with Gasteiger partial charge in [0.2, 0.25) is 0 Å². The van der Waals surface area contributed by atoms with Gasteiger partial charge in [-0.15, -0.1) is 0 Å². The number of amides is 1. The molecule has 2 rings (SSSR count). The SMILES string of the molecule is O=C1N[C@H](CSC(=O)OCc2ccccc2)C(=O)O1. The molecule has 6 nitrogen and oxygen atoms in total. The summed E-state index contributed by atoms with van der Waals surface area (Å²) in [4.78, 5) is 33.3. The van der Waals surface area contributed by atoms with Gasteiger partial charge < -0.3 is 14.8 Å². The third-order valence-corrected chi connectivity index (χ3v) is 3.19. The number of benzene rings is 1. The lowest BCUT2D eigenvalue weighted by atomic mass is 10.2. The van der Waals surface area contributed by atoms with Gasteiger partial charge in [-0.05, 0) is 17.3 Å². The van der Waals surface area contributed by atoms with Crippen LogP contribution in [-0.2, 0) is 20.9 Å². The van der Waals surface area contributed by atoms with Crippen LogP contribution in [0.1, 0.15) is 5.56 Å². The number of rotatable bonds is 4. The Morgan fingerprint density at radius 2 is 2.05 bits per heavy atom. The number of hydrogen-bond acceptors (Lipinski definition) is 6. The number of esters is 1. The summed E-state index contributed by atoms with van der Waals surface area (Å²) in [5.74, 6) is -0.577. The molecule has 0 unspecified atom stereocenters. The first-order chi connectivity index (χ1) is 9.15. The summed E-state index contributed by atoms with van der Waals surface area (Å²) in [6, 6.07) is 8.45. The quantitative estimate of drug-likeness (QED) is 0.668. The van der Waals surface area contributed by atoms with Gasteiger partial charge in [0, 0.05) is 5.75 Å². The van der Waals surface area contributed by atoms with E-state index < -0.39 is 23.4 Å². The molecule has 1 N–H and O–H groups in total. The monoisotopic (exact) mass is 281 g/mol. The van der Waals surface area contributed by atoms with Gasteiger partial charge >= 0.3 is 17.4 Å². The highest BCUT2D eigenvalue weighted by atomic mass is 32.2. The Morgan fingerprint density at radius 3 is 2.68 bits per heavy atom. The van der Waals surface area contributed by atoms with Gasteiger partial charge in [0.25, 0.3) is 0 Å². The average molecular weight is 281 g/mol. The normalized spacial score (nSPS) is 17.8. The van der Waals surface area contributed by atoms with E-state index in [1.807, 2.05) is 30.3 Å². The molecule has 1 atom stereocenters. The van der Waals surface area contributed by atoms with Crippen LogP contribution in [0.5, 0.6) is 0 Å². The Labute approximate surface area is 113 Å². The molecule has 1 heterocycles. The van der Waals surface area contributed by atoms with Crippen LogP contribution in [0.4, 0.5) is 9.59 Å². The maximum Gasteiger partial charge on any atom is 0.415 e. The lowest BCUT2D eigenvalue weighted by Gasteiger charge is -2.06. The van der Waals surface area contributed by atoms with E-state index in [2.05, 4.69) is 10.1 Å². The fraction of sp³-hybridized carbons (Fsp3) is 0.250. The predicted molar refractivity (Wildman–Crippen MR) is 67.5 cm³/mol. The van der Waals surface area contributed by atoms with Crippen LogP contribution in [0, 0.1) is 0 Å². The number of cyclic esters (lactones) is 2. The van der Waals surface area contributed by atoms with Crippen LogP contribution in [0.15, 0.2) is 30.3 Å². The zero-order chi connectivity index (χ0) is 13.7. The van der Waals surface area contributed by atoms with Gasteiger partial charge in [-0.25, -0.2) is 14.4 Å². The van der Waals surface area contributed by atoms with E-state index in [0.29, 0.717) is 0 Å². The van der Waals surface area contributed by atoms with Crippen molar-refractivity contribution >= 4 is 29.1 Å². The third kappa shape index (κ3) is 3.99. The lowest BCUT2D eigenvalue weighted by Crippen LogP contribution is -2.31. The Bertz CT molecular complexity index is 490. The van der Waals surface area contributed by atoms with Gasteiger partial charge in [0.15, 0.2) is 0 Å². The first-order valence-electron chi connectivity index (χ1n) is 5.51. The van der Waals surface area contributed by atoms with Gasteiger partial charge in [0.1, 0.15) is 12.6 Å². The first kappa shape index (κ1) is 13.4. The number of alkyl carbamates (subject to hydrolysis) is 1. The minimum Gasteiger partial charge on any atom is -0.453 e. The fourth-order valence-corrected chi connectivity index (χ4v) is 2.08. The summed E-state index contributed by atoms with van der Waals surface area (Å²) in [7, 11) is 0. The second-order valence-corrected chi connectivity index (χ2v) is 4.70. The summed E-state index contributed by atoms with van der Waals surface area (Å²) < 4.78 is 9.29. The van der Waals surface area contributed by atoms with E-state index in [-0.39, 0.29) is 12.4 Å². The summed E-state index contributed by atoms with van der Waals surface area (Å²) in [5, 5.41) is 1.79. The molecule has 1 fully saturated rings. The van der Waals surface area contributed by atoms with Gasteiger partial charge in [-0.1, -0.05) is 30.3 Å².